The maximum Gasteiger partial charge on any atom is 0.123 e. The summed E-state index contributed by atoms with van der Waals surface area (Å²) in [4.78, 5) is 0. The molecule has 0 saturated heterocycles. The van der Waals surface area contributed by atoms with E-state index < -0.39 is 0 Å². The van der Waals surface area contributed by atoms with E-state index in [0.717, 1.165) is 25.1 Å². The highest BCUT2D eigenvalue weighted by molar-refractivity contribution is 5.37. The Morgan fingerprint density at radius 2 is 2.19 bits per heavy atom. The Hall–Kier alpha value is -1.02. The Balaban J connectivity index is 1.98. The molecule has 1 N–H and O–H groups in total. The fourth-order valence-corrected chi connectivity index (χ4v) is 2.30. The Bertz CT molecular complexity index is 312. The molecule has 1 aliphatic rings. The fraction of sp³-hybridized carbons (Fsp3) is 0.571. The average molecular weight is 219 g/mol. The molecule has 2 heteroatoms. The van der Waals surface area contributed by atoms with Gasteiger partial charge in [0.15, 0.2) is 0 Å². The molecule has 0 saturated carbocycles. The number of para-hydroxylation sites is 1. The van der Waals surface area contributed by atoms with Crippen molar-refractivity contribution in [3.05, 3.63) is 29.8 Å². The van der Waals surface area contributed by atoms with E-state index in [1.54, 1.807) is 0 Å². The third kappa shape index (κ3) is 2.38. The molecule has 0 amide bonds. The van der Waals surface area contributed by atoms with Gasteiger partial charge >= 0.3 is 0 Å². The zero-order chi connectivity index (χ0) is 11.4. The highest BCUT2D eigenvalue weighted by atomic mass is 16.5. The molecule has 2 rings (SSSR count). The monoisotopic (exact) mass is 219 g/mol. The van der Waals surface area contributed by atoms with E-state index in [2.05, 4.69) is 37.4 Å². The highest BCUT2D eigenvalue weighted by Crippen LogP contribution is 2.29. The molecule has 1 aromatic carbocycles. The standard InChI is InChI=1S/C14H21NO/c1-3-9-15-12(4-2)14-10-11-7-5-6-8-13(11)16-14/h5-8,12,14-15H,3-4,9-10H2,1-2H3. The molecular weight excluding hydrogens is 198 g/mol. The van der Waals surface area contributed by atoms with Gasteiger partial charge in [-0.15, -0.1) is 0 Å². The van der Waals surface area contributed by atoms with Crippen molar-refractivity contribution >= 4 is 0 Å². The summed E-state index contributed by atoms with van der Waals surface area (Å²) in [6.07, 6.45) is 3.66. The second-order valence-electron chi connectivity index (χ2n) is 4.44. The van der Waals surface area contributed by atoms with E-state index in [1.165, 1.54) is 12.0 Å². The normalized spacial score (nSPS) is 20.2. The molecular formula is C14H21NO. The van der Waals surface area contributed by atoms with Crippen molar-refractivity contribution < 1.29 is 4.74 Å². The first-order chi connectivity index (χ1) is 7.85. The van der Waals surface area contributed by atoms with Gasteiger partial charge in [0.25, 0.3) is 0 Å². The van der Waals surface area contributed by atoms with E-state index in [-0.39, 0.29) is 0 Å². The number of fused-ring (bicyclic) bond motifs is 1. The van der Waals surface area contributed by atoms with Gasteiger partial charge in [-0.3, -0.25) is 0 Å². The van der Waals surface area contributed by atoms with E-state index >= 15 is 0 Å². The van der Waals surface area contributed by atoms with Crippen molar-refractivity contribution in [2.45, 2.75) is 45.3 Å². The number of benzene rings is 1. The molecule has 88 valence electrons. The van der Waals surface area contributed by atoms with Crippen molar-refractivity contribution in [3.8, 4) is 5.75 Å². The van der Waals surface area contributed by atoms with Crippen molar-refractivity contribution in [2.75, 3.05) is 6.54 Å². The average Bonchev–Trinajstić information content (AvgIpc) is 2.73. The first-order valence-corrected chi connectivity index (χ1v) is 6.33. The molecule has 0 aliphatic carbocycles. The smallest absolute Gasteiger partial charge is 0.123 e. The van der Waals surface area contributed by atoms with E-state index in [9.17, 15) is 0 Å². The fourth-order valence-electron chi connectivity index (χ4n) is 2.30. The van der Waals surface area contributed by atoms with Gasteiger partial charge in [-0.25, -0.2) is 0 Å². The molecule has 2 atom stereocenters. The van der Waals surface area contributed by atoms with Crippen molar-refractivity contribution in [1.82, 2.24) is 5.32 Å². The van der Waals surface area contributed by atoms with Crippen LogP contribution in [0.2, 0.25) is 0 Å². The minimum absolute atomic E-state index is 0.314. The van der Waals surface area contributed by atoms with Gasteiger partial charge in [0, 0.05) is 12.5 Å². The SMILES string of the molecule is CCCNC(CC)C1Cc2ccccc2O1. The van der Waals surface area contributed by atoms with Crippen molar-refractivity contribution in [3.63, 3.8) is 0 Å². The summed E-state index contributed by atoms with van der Waals surface area (Å²) in [5.41, 5.74) is 1.35. The second kappa shape index (κ2) is 5.35. The van der Waals surface area contributed by atoms with Crippen molar-refractivity contribution in [2.24, 2.45) is 0 Å². The summed E-state index contributed by atoms with van der Waals surface area (Å²) in [5.74, 6) is 1.07. The highest BCUT2D eigenvalue weighted by Gasteiger charge is 2.28. The predicted molar refractivity (Wildman–Crippen MR) is 66.9 cm³/mol. The van der Waals surface area contributed by atoms with Crippen LogP contribution in [0.3, 0.4) is 0 Å². The quantitative estimate of drug-likeness (QED) is 0.822. The third-order valence-electron chi connectivity index (χ3n) is 3.22. The van der Waals surface area contributed by atoms with E-state index in [0.29, 0.717) is 12.1 Å². The Morgan fingerprint density at radius 3 is 2.88 bits per heavy atom. The maximum absolute atomic E-state index is 5.99. The molecule has 0 bridgehead atoms. The summed E-state index contributed by atoms with van der Waals surface area (Å²) in [5, 5.41) is 3.57. The molecule has 2 unspecified atom stereocenters. The minimum Gasteiger partial charge on any atom is -0.488 e. The molecule has 0 aromatic heterocycles. The van der Waals surface area contributed by atoms with E-state index in [1.807, 2.05) is 6.07 Å². The second-order valence-corrected chi connectivity index (χ2v) is 4.44. The van der Waals surface area contributed by atoms with Gasteiger partial charge in [0.2, 0.25) is 0 Å². The summed E-state index contributed by atoms with van der Waals surface area (Å²) in [6.45, 7) is 5.50. The van der Waals surface area contributed by atoms with Gasteiger partial charge in [-0.2, -0.15) is 0 Å². The van der Waals surface area contributed by atoms with Gasteiger partial charge in [0.05, 0.1) is 0 Å². The van der Waals surface area contributed by atoms with Crippen LogP contribution in [0.25, 0.3) is 0 Å². The lowest BCUT2D eigenvalue weighted by atomic mass is 10.0. The molecule has 0 spiro atoms. The molecule has 1 aromatic rings. The Labute approximate surface area is 98.0 Å². The first-order valence-electron chi connectivity index (χ1n) is 6.33. The van der Waals surface area contributed by atoms with Crippen LogP contribution in [0.5, 0.6) is 5.75 Å². The zero-order valence-corrected chi connectivity index (χ0v) is 10.2. The molecule has 2 nitrogen and oxygen atoms in total. The summed E-state index contributed by atoms with van der Waals surface area (Å²) in [6, 6.07) is 8.85. The van der Waals surface area contributed by atoms with Crippen LogP contribution in [-0.2, 0) is 6.42 Å². The molecule has 16 heavy (non-hydrogen) atoms. The van der Waals surface area contributed by atoms with Crippen LogP contribution in [0, 0.1) is 0 Å². The largest absolute Gasteiger partial charge is 0.488 e. The third-order valence-corrected chi connectivity index (χ3v) is 3.22. The predicted octanol–water partition coefficient (Wildman–Crippen LogP) is 2.77. The van der Waals surface area contributed by atoms with Crippen LogP contribution in [-0.4, -0.2) is 18.7 Å². The molecule has 1 heterocycles. The van der Waals surface area contributed by atoms with Crippen molar-refractivity contribution in [1.29, 1.82) is 0 Å². The lowest BCUT2D eigenvalue weighted by molar-refractivity contribution is 0.175. The zero-order valence-electron chi connectivity index (χ0n) is 10.2. The number of hydrogen-bond donors (Lipinski definition) is 1. The summed E-state index contributed by atoms with van der Waals surface area (Å²) >= 11 is 0. The van der Waals surface area contributed by atoms with Gasteiger partial charge in [0.1, 0.15) is 11.9 Å². The first kappa shape index (κ1) is 11.5. The van der Waals surface area contributed by atoms with Crippen LogP contribution < -0.4 is 10.1 Å². The maximum atomic E-state index is 5.99. The Morgan fingerprint density at radius 1 is 1.38 bits per heavy atom. The number of hydrogen-bond acceptors (Lipinski definition) is 2. The number of ether oxygens (including phenoxy) is 1. The lowest BCUT2D eigenvalue weighted by Gasteiger charge is -2.23. The number of nitrogens with one attached hydrogen (secondary N) is 1. The van der Waals surface area contributed by atoms with Gasteiger partial charge < -0.3 is 10.1 Å². The molecule has 0 radical (unpaired) electrons. The summed E-state index contributed by atoms with van der Waals surface area (Å²) < 4.78 is 5.99. The lowest BCUT2D eigenvalue weighted by Crippen LogP contribution is -2.42. The minimum atomic E-state index is 0.314. The van der Waals surface area contributed by atoms with Gasteiger partial charge in [-0.05, 0) is 31.0 Å². The molecule has 0 fully saturated rings. The van der Waals surface area contributed by atoms with Crippen LogP contribution >= 0.6 is 0 Å². The molecule has 1 aliphatic heterocycles. The van der Waals surface area contributed by atoms with Gasteiger partial charge in [-0.1, -0.05) is 32.0 Å². The van der Waals surface area contributed by atoms with Crippen LogP contribution in [0.1, 0.15) is 32.3 Å². The Kier molecular flexibility index (Phi) is 3.83. The topological polar surface area (TPSA) is 21.3 Å². The van der Waals surface area contributed by atoms with E-state index in [4.69, 9.17) is 4.74 Å². The van der Waals surface area contributed by atoms with Crippen LogP contribution in [0.15, 0.2) is 24.3 Å². The number of rotatable bonds is 5. The summed E-state index contributed by atoms with van der Waals surface area (Å²) in [7, 11) is 0. The van der Waals surface area contributed by atoms with Crippen LogP contribution in [0.4, 0.5) is 0 Å².